The topological polar surface area (TPSA) is 69.7 Å². The van der Waals surface area contributed by atoms with Gasteiger partial charge in [-0.15, -0.1) is 11.3 Å². The van der Waals surface area contributed by atoms with Crippen molar-refractivity contribution in [1.82, 2.24) is 4.90 Å². The van der Waals surface area contributed by atoms with Crippen LogP contribution in [0, 0.1) is 0 Å². The molecule has 1 aliphatic heterocycles. The lowest BCUT2D eigenvalue weighted by Crippen LogP contribution is -2.39. The fourth-order valence-electron chi connectivity index (χ4n) is 3.51. The van der Waals surface area contributed by atoms with Gasteiger partial charge in [-0.3, -0.25) is 9.59 Å². The number of amides is 4. The summed E-state index contributed by atoms with van der Waals surface area (Å²) < 4.78 is 0. The van der Waals surface area contributed by atoms with Gasteiger partial charge in [-0.05, 0) is 54.3 Å². The lowest BCUT2D eigenvalue weighted by molar-refractivity contribution is -0.124. The van der Waals surface area contributed by atoms with Crippen molar-refractivity contribution in [2.24, 2.45) is 0 Å². The first kappa shape index (κ1) is 21.1. The molecule has 0 radical (unpaired) electrons. The van der Waals surface area contributed by atoms with Gasteiger partial charge in [-0.2, -0.15) is 0 Å². The normalized spacial score (nSPS) is 16.1. The number of imide groups is 1. The first-order valence-electron chi connectivity index (χ1n) is 9.80. The average molecular weight is 454 g/mol. The van der Waals surface area contributed by atoms with Crippen LogP contribution in [0.25, 0.3) is 0 Å². The SMILES string of the molecule is O=C(C[C@@H]1C(=O)N(c2ccccc2)C(=O)N1CCc1cccs1)Nc1ccc(Cl)cc1. The summed E-state index contributed by atoms with van der Waals surface area (Å²) >= 11 is 7.48. The Labute approximate surface area is 189 Å². The summed E-state index contributed by atoms with van der Waals surface area (Å²) in [6.07, 6.45) is 0.496. The first-order chi connectivity index (χ1) is 15.0. The molecule has 4 rings (SSSR count). The largest absolute Gasteiger partial charge is 0.332 e. The van der Waals surface area contributed by atoms with E-state index in [9.17, 15) is 14.4 Å². The number of nitrogens with zero attached hydrogens (tertiary/aromatic N) is 2. The van der Waals surface area contributed by atoms with Crippen molar-refractivity contribution in [2.75, 3.05) is 16.8 Å². The molecule has 158 valence electrons. The summed E-state index contributed by atoms with van der Waals surface area (Å²) in [6.45, 7) is 0.354. The third kappa shape index (κ3) is 4.78. The van der Waals surface area contributed by atoms with Crippen LogP contribution in [0.1, 0.15) is 11.3 Å². The molecule has 2 heterocycles. The number of carbonyl (C=O) groups excluding carboxylic acids is 3. The molecule has 1 saturated heterocycles. The predicted molar refractivity (Wildman–Crippen MR) is 123 cm³/mol. The molecular weight excluding hydrogens is 434 g/mol. The van der Waals surface area contributed by atoms with Crippen LogP contribution < -0.4 is 10.2 Å². The molecule has 6 nitrogen and oxygen atoms in total. The van der Waals surface area contributed by atoms with E-state index in [0.717, 1.165) is 9.78 Å². The van der Waals surface area contributed by atoms with E-state index in [-0.39, 0.29) is 12.3 Å². The average Bonchev–Trinajstić information content (AvgIpc) is 3.36. The summed E-state index contributed by atoms with van der Waals surface area (Å²) in [4.78, 5) is 42.8. The zero-order valence-corrected chi connectivity index (χ0v) is 18.1. The highest BCUT2D eigenvalue weighted by molar-refractivity contribution is 7.09. The Balaban J connectivity index is 1.53. The number of hydrogen-bond acceptors (Lipinski definition) is 4. The van der Waals surface area contributed by atoms with Gasteiger partial charge in [0.1, 0.15) is 6.04 Å². The summed E-state index contributed by atoms with van der Waals surface area (Å²) in [5, 5.41) is 5.31. The van der Waals surface area contributed by atoms with Crippen LogP contribution >= 0.6 is 22.9 Å². The Bertz CT molecular complexity index is 1070. The molecule has 0 unspecified atom stereocenters. The number of urea groups is 1. The molecule has 1 aliphatic rings. The third-order valence-electron chi connectivity index (χ3n) is 5.02. The quantitative estimate of drug-likeness (QED) is 0.522. The first-order valence-corrected chi connectivity index (χ1v) is 11.1. The van der Waals surface area contributed by atoms with E-state index in [1.54, 1.807) is 59.9 Å². The van der Waals surface area contributed by atoms with Gasteiger partial charge in [0.25, 0.3) is 5.91 Å². The van der Waals surface area contributed by atoms with E-state index in [1.165, 1.54) is 4.90 Å². The Kier molecular flexibility index (Phi) is 6.34. The van der Waals surface area contributed by atoms with Crippen LogP contribution in [-0.4, -0.2) is 35.3 Å². The van der Waals surface area contributed by atoms with E-state index in [4.69, 9.17) is 11.6 Å². The number of hydrogen-bond donors (Lipinski definition) is 1. The van der Waals surface area contributed by atoms with Gasteiger partial charge in [0.15, 0.2) is 0 Å². The minimum Gasteiger partial charge on any atom is -0.326 e. The second-order valence-corrected chi connectivity index (χ2v) is 8.56. The number of anilines is 2. The smallest absolute Gasteiger partial charge is 0.326 e. The molecule has 1 fully saturated rings. The standard InChI is InChI=1S/C23H20ClN3O3S/c24-16-8-10-17(11-9-16)25-21(28)15-20-22(29)27(18-5-2-1-3-6-18)23(30)26(20)13-12-19-7-4-14-31-19/h1-11,14,20H,12-13,15H2,(H,25,28)/t20-/m1/s1. The highest BCUT2D eigenvalue weighted by Gasteiger charge is 2.46. The van der Waals surface area contributed by atoms with Crippen LogP contribution in [0.2, 0.25) is 5.02 Å². The molecule has 31 heavy (non-hydrogen) atoms. The molecule has 2 aromatic carbocycles. The van der Waals surface area contributed by atoms with Crippen molar-refractivity contribution >= 4 is 52.2 Å². The van der Waals surface area contributed by atoms with Gasteiger partial charge < -0.3 is 10.2 Å². The number of rotatable bonds is 7. The lowest BCUT2D eigenvalue weighted by Gasteiger charge is -2.21. The number of nitrogens with one attached hydrogen (secondary N) is 1. The Morgan fingerprint density at radius 3 is 2.42 bits per heavy atom. The second-order valence-electron chi connectivity index (χ2n) is 7.09. The van der Waals surface area contributed by atoms with Crippen molar-refractivity contribution in [3.05, 3.63) is 82.0 Å². The lowest BCUT2D eigenvalue weighted by atomic mass is 10.1. The van der Waals surface area contributed by atoms with Gasteiger partial charge in [-0.1, -0.05) is 35.9 Å². The van der Waals surface area contributed by atoms with Crippen molar-refractivity contribution in [2.45, 2.75) is 18.9 Å². The molecule has 4 amide bonds. The third-order valence-corrected chi connectivity index (χ3v) is 6.21. The maximum Gasteiger partial charge on any atom is 0.332 e. The summed E-state index contributed by atoms with van der Waals surface area (Å²) in [6, 6.07) is 18.2. The van der Waals surface area contributed by atoms with E-state index in [1.807, 2.05) is 23.6 Å². The van der Waals surface area contributed by atoms with Crippen LogP contribution in [0.3, 0.4) is 0 Å². The Morgan fingerprint density at radius 2 is 1.74 bits per heavy atom. The minimum atomic E-state index is -0.861. The molecule has 1 aromatic heterocycles. The van der Waals surface area contributed by atoms with E-state index in [0.29, 0.717) is 29.4 Å². The van der Waals surface area contributed by atoms with Gasteiger partial charge in [-0.25, -0.2) is 9.69 Å². The van der Waals surface area contributed by atoms with E-state index < -0.39 is 18.0 Å². The molecule has 0 aliphatic carbocycles. The molecule has 3 aromatic rings. The van der Waals surface area contributed by atoms with Crippen molar-refractivity contribution in [3.63, 3.8) is 0 Å². The van der Waals surface area contributed by atoms with Gasteiger partial charge in [0, 0.05) is 22.1 Å². The van der Waals surface area contributed by atoms with Crippen LogP contribution in [-0.2, 0) is 16.0 Å². The zero-order chi connectivity index (χ0) is 21.8. The van der Waals surface area contributed by atoms with Crippen LogP contribution in [0.15, 0.2) is 72.1 Å². The fourth-order valence-corrected chi connectivity index (χ4v) is 4.33. The minimum absolute atomic E-state index is 0.124. The fraction of sp³-hybridized carbons (Fsp3) is 0.174. The predicted octanol–water partition coefficient (Wildman–Crippen LogP) is 4.81. The molecular formula is C23H20ClN3O3S. The molecule has 0 saturated carbocycles. The number of thiophene rings is 1. The van der Waals surface area contributed by atoms with Gasteiger partial charge >= 0.3 is 6.03 Å². The molecule has 1 N–H and O–H groups in total. The highest BCUT2D eigenvalue weighted by atomic mass is 35.5. The maximum absolute atomic E-state index is 13.2. The summed E-state index contributed by atoms with van der Waals surface area (Å²) in [5.41, 5.74) is 1.08. The Hall–Kier alpha value is -3.16. The number of benzene rings is 2. The monoisotopic (exact) mass is 453 g/mol. The Morgan fingerprint density at radius 1 is 1.00 bits per heavy atom. The highest BCUT2D eigenvalue weighted by Crippen LogP contribution is 2.27. The van der Waals surface area contributed by atoms with Gasteiger partial charge in [0.2, 0.25) is 5.91 Å². The maximum atomic E-state index is 13.2. The van der Waals surface area contributed by atoms with Crippen molar-refractivity contribution in [1.29, 1.82) is 0 Å². The zero-order valence-electron chi connectivity index (χ0n) is 16.5. The molecule has 1 atom stereocenters. The van der Waals surface area contributed by atoms with E-state index >= 15 is 0 Å². The number of halogens is 1. The van der Waals surface area contributed by atoms with Gasteiger partial charge in [0.05, 0.1) is 12.1 Å². The molecule has 0 spiro atoms. The van der Waals surface area contributed by atoms with Crippen LogP contribution in [0.4, 0.5) is 16.2 Å². The van der Waals surface area contributed by atoms with Crippen LogP contribution in [0.5, 0.6) is 0 Å². The number of para-hydroxylation sites is 1. The molecule has 0 bridgehead atoms. The summed E-state index contributed by atoms with van der Waals surface area (Å²) in [7, 11) is 0. The summed E-state index contributed by atoms with van der Waals surface area (Å²) in [5.74, 6) is -0.738. The van der Waals surface area contributed by atoms with E-state index in [2.05, 4.69) is 5.32 Å². The number of carbonyl (C=O) groups is 3. The second kappa shape index (κ2) is 9.32. The molecule has 8 heteroatoms. The van der Waals surface area contributed by atoms with Crippen molar-refractivity contribution in [3.8, 4) is 0 Å². The van der Waals surface area contributed by atoms with Crippen molar-refractivity contribution < 1.29 is 14.4 Å².